The average Bonchev–Trinajstić information content (AvgIpc) is 2.22. The van der Waals surface area contributed by atoms with Crippen molar-refractivity contribution in [3.8, 4) is 0 Å². The molecule has 1 heterocycles. The number of rotatable bonds is 7. The van der Waals surface area contributed by atoms with E-state index in [4.69, 9.17) is 11.6 Å². The summed E-state index contributed by atoms with van der Waals surface area (Å²) in [5.74, 6) is 1.54. The summed E-state index contributed by atoms with van der Waals surface area (Å²) in [4.78, 5) is 8.28. The summed E-state index contributed by atoms with van der Waals surface area (Å²) in [7, 11) is 0. The molecular weight excluding hydrogens is 222 g/mol. The number of nitrogens with one attached hydrogen (secondary N) is 1. The van der Waals surface area contributed by atoms with Crippen LogP contribution in [-0.4, -0.2) is 16.5 Å². The molecule has 90 valence electrons. The van der Waals surface area contributed by atoms with E-state index >= 15 is 0 Å². The lowest BCUT2D eigenvalue weighted by Gasteiger charge is -2.06. The first kappa shape index (κ1) is 13.2. The molecule has 0 aromatic carbocycles. The van der Waals surface area contributed by atoms with Crippen LogP contribution >= 0.6 is 11.6 Å². The van der Waals surface area contributed by atoms with Gasteiger partial charge >= 0.3 is 0 Å². The predicted molar refractivity (Wildman–Crippen MR) is 69.0 cm³/mol. The quantitative estimate of drug-likeness (QED) is 0.583. The summed E-state index contributed by atoms with van der Waals surface area (Å²) in [6.07, 6.45) is 6.40. The number of hydrogen-bond acceptors (Lipinski definition) is 3. The highest BCUT2D eigenvalue weighted by Gasteiger charge is 1.98. The van der Waals surface area contributed by atoms with E-state index in [0.29, 0.717) is 11.0 Å². The minimum Gasteiger partial charge on any atom is -0.370 e. The Labute approximate surface area is 103 Å². The summed E-state index contributed by atoms with van der Waals surface area (Å²) in [5.41, 5.74) is 0. The maximum absolute atomic E-state index is 5.84. The lowest BCUT2D eigenvalue weighted by molar-refractivity contribution is 0.644. The second-order valence-corrected chi connectivity index (χ2v) is 4.35. The maximum Gasteiger partial charge on any atom is 0.134 e. The first-order valence-corrected chi connectivity index (χ1v) is 6.35. The maximum atomic E-state index is 5.84. The van der Waals surface area contributed by atoms with Crippen molar-refractivity contribution in [1.29, 1.82) is 0 Å². The Morgan fingerprint density at radius 1 is 1.19 bits per heavy atom. The van der Waals surface area contributed by atoms with E-state index in [1.807, 2.05) is 6.92 Å². The second-order valence-electron chi connectivity index (χ2n) is 3.96. The molecule has 0 aliphatic rings. The van der Waals surface area contributed by atoms with E-state index in [0.717, 1.165) is 12.4 Å². The predicted octanol–water partition coefficient (Wildman–Crippen LogP) is 3.82. The second kappa shape index (κ2) is 7.44. The fraction of sp³-hybridized carbons (Fsp3) is 0.667. The van der Waals surface area contributed by atoms with Gasteiger partial charge in [0.25, 0.3) is 0 Å². The third-order valence-corrected chi connectivity index (χ3v) is 2.59. The monoisotopic (exact) mass is 241 g/mol. The van der Waals surface area contributed by atoms with Crippen LogP contribution in [-0.2, 0) is 0 Å². The molecule has 0 amide bonds. The van der Waals surface area contributed by atoms with Gasteiger partial charge in [0.2, 0.25) is 0 Å². The fourth-order valence-corrected chi connectivity index (χ4v) is 1.79. The van der Waals surface area contributed by atoms with Gasteiger partial charge in [-0.1, -0.05) is 44.2 Å². The van der Waals surface area contributed by atoms with E-state index in [2.05, 4.69) is 22.2 Å². The summed E-state index contributed by atoms with van der Waals surface area (Å²) < 4.78 is 0. The van der Waals surface area contributed by atoms with E-state index in [-0.39, 0.29) is 0 Å². The van der Waals surface area contributed by atoms with Crippen LogP contribution < -0.4 is 5.32 Å². The summed E-state index contributed by atoms with van der Waals surface area (Å²) >= 11 is 5.84. The highest BCUT2D eigenvalue weighted by molar-refractivity contribution is 6.29. The molecule has 1 aromatic rings. The van der Waals surface area contributed by atoms with Gasteiger partial charge in [-0.15, -0.1) is 0 Å². The van der Waals surface area contributed by atoms with Crippen LogP contribution in [0.3, 0.4) is 0 Å². The minimum atomic E-state index is 0.501. The molecule has 1 N–H and O–H groups in total. The molecule has 0 spiro atoms. The molecule has 0 radical (unpaired) electrons. The van der Waals surface area contributed by atoms with Crippen molar-refractivity contribution in [2.45, 2.75) is 46.0 Å². The number of aryl methyl sites for hydroxylation is 1. The van der Waals surface area contributed by atoms with Gasteiger partial charge in [0.15, 0.2) is 0 Å². The SMILES string of the molecule is CCCCCCCNc1cc(Cl)nc(C)n1. The molecule has 1 aromatic heterocycles. The van der Waals surface area contributed by atoms with Crippen molar-refractivity contribution in [2.75, 3.05) is 11.9 Å². The van der Waals surface area contributed by atoms with Gasteiger partial charge in [-0.05, 0) is 13.3 Å². The van der Waals surface area contributed by atoms with Crippen LogP contribution in [0.25, 0.3) is 0 Å². The third kappa shape index (κ3) is 5.31. The van der Waals surface area contributed by atoms with E-state index in [9.17, 15) is 0 Å². The topological polar surface area (TPSA) is 37.8 Å². The first-order chi connectivity index (χ1) is 7.72. The molecule has 0 bridgehead atoms. The standard InChI is InChI=1S/C12H20ClN3/c1-3-4-5-6-7-8-14-12-9-11(13)15-10(2)16-12/h9H,3-8H2,1-2H3,(H,14,15,16). The lowest BCUT2D eigenvalue weighted by Crippen LogP contribution is -2.04. The van der Waals surface area contributed by atoms with Gasteiger partial charge in [-0.25, -0.2) is 9.97 Å². The number of anilines is 1. The van der Waals surface area contributed by atoms with Crippen LogP contribution in [0.2, 0.25) is 5.15 Å². The molecule has 16 heavy (non-hydrogen) atoms. The van der Waals surface area contributed by atoms with E-state index < -0.39 is 0 Å². The van der Waals surface area contributed by atoms with E-state index in [1.165, 1.54) is 32.1 Å². The largest absolute Gasteiger partial charge is 0.370 e. The minimum absolute atomic E-state index is 0.501. The van der Waals surface area contributed by atoms with Gasteiger partial charge in [0.1, 0.15) is 16.8 Å². The van der Waals surface area contributed by atoms with Gasteiger partial charge < -0.3 is 5.32 Å². The Balaban J connectivity index is 2.21. The Hall–Kier alpha value is -0.830. The molecule has 0 aliphatic heterocycles. The van der Waals surface area contributed by atoms with Crippen LogP contribution in [0.5, 0.6) is 0 Å². The Kier molecular flexibility index (Phi) is 6.16. The van der Waals surface area contributed by atoms with Crippen LogP contribution in [0.1, 0.15) is 44.9 Å². The number of aromatic nitrogens is 2. The van der Waals surface area contributed by atoms with Crippen molar-refractivity contribution >= 4 is 17.4 Å². The van der Waals surface area contributed by atoms with Crippen molar-refractivity contribution in [3.63, 3.8) is 0 Å². The van der Waals surface area contributed by atoms with Gasteiger partial charge in [0.05, 0.1) is 0 Å². The van der Waals surface area contributed by atoms with Crippen molar-refractivity contribution < 1.29 is 0 Å². The zero-order chi connectivity index (χ0) is 11.8. The average molecular weight is 242 g/mol. The molecule has 3 nitrogen and oxygen atoms in total. The van der Waals surface area contributed by atoms with E-state index in [1.54, 1.807) is 6.07 Å². The molecule has 0 unspecified atom stereocenters. The zero-order valence-corrected chi connectivity index (χ0v) is 10.8. The molecule has 0 aliphatic carbocycles. The van der Waals surface area contributed by atoms with Crippen LogP contribution in [0.4, 0.5) is 5.82 Å². The molecular formula is C12H20ClN3. The fourth-order valence-electron chi connectivity index (χ4n) is 1.57. The highest BCUT2D eigenvalue weighted by atomic mass is 35.5. The number of unbranched alkanes of at least 4 members (excludes halogenated alkanes) is 4. The van der Waals surface area contributed by atoms with Crippen molar-refractivity contribution in [1.82, 2.24) is 9.97 Å². The molecule has 0 saturated heterocycles. The summed E-state index contributed by atoms with van der Waals surface area (Å²) in [6, 6.07) is 1.76. The van der Waals surface area contributed by atoms with Crippen LogP contribution in [0.15, 0.2) is 6.07 Å². The zero-order valence-electron chi connectivity index (χ0n) is 10.1. The lowest BCUT2D eigenvalue weighted by atomic mass is 10.1. The first-order valence-electron chi connectivity index (χ1n) is 5.97. The number of halogens is 1. The van der Waals surface area contributed by atoms with Crippen molar-refractivity contribution in [3.05, 3.63) is 17.0 Å². The normalized spacial score (nSPS) is 10.4. The Morgan fingerprint density at radius 2 is 1.94 bits per heavy atom. The summed E-state index contributed by atoms with van der Waals surface area (Å²) in [5, 5.41) is 3.77. The Morgan fingerprint density at radius 3 is 2.62 bits per heavy atom. The van der Waals surface area contributed by atoms with Crippen molar-refractivity contribution in [2.24, 2.45) is 0 Å². The highest BCUT2D eigenvalue weighted by Crippen LogP contribution is 2.11. The molecule has 0 fully saturated rings. The molecule has 1 rings (SSSR count). The van der Waals surface area contributed by atoms with Crippen LogP contribution in [0, 0.1) is 6.92 Å². The number of hydrogen-bond donors (Lipinski definition) is 1. The van der Waals surface area contributed by atoms with Gasteiger partial charge in [-0.3, -0.25) is 0 Å². The number of nitrogens with zero attached hydrogens (tertiary/aromatic N) is 2. The third-order valence-electron chi connectivity index (χ3n) is 2.39. The smallest absolute Gasteiger partial charge is 0.134 e. The Bertz CT molecular complexity index is 295. The molecule has 4 heteroatoms. The summed E-state index contributed by atoms with van der Waals surface area (Å²) in [6.45, 7) is 5.03. The van der Waals surface area contributed by atoms with Gasteiger partial charge in [0, 0.05) is 12.6 Å². The molecule has 0 saturated carbocycles. The van der Waals surface area contributed by atoms with Gasteiger partial charge in [-0.2, -0.15) is 0 Å². The molecule has 0 atom stereocenters.